The van der Waals surface area contributed by atoms with Crippen molar-refractivity contribution >= 4 is 11.6 Å². The van der Waals surface area contributed by atoms with Crippen molar-refractivity contribution in [2.45, 2.75) is 75.8 Å². The van der Waals surface area contributed by atoms with E-state index < -0.39 is 11.6 Å². The number of anilines is 1. The van der Waals surface area contributed by atoms with Crippen LogP contribution in [0.15, 0.2) is 30.3 Å². The van der Waals surface area contributed by atoms with Crippen molar-refractivity contribution in [3.63, 3.8) is 0 Å². The lowest BCUT2D eigenvalue weighted by Gasteiger charge is -2.60. The number of hydrogen-bond acceptors (Lipinski definition) is 6. The maximum Gasteiger partial charge on any atom is 0.239 e. The summed E-state index contributed by atoms with van der Waals surface area (Å²) in [5.41, 5.74) is 6.62. The summed E-state index contributed by atoms with van der Waals surface area (Å²) in [5, 5.41) is 0. The monoisotopic (exact) mass is 428 g/mol. The molecule has 2 N–H and O–H groups in total. The van der Waals surface area contributed by atoms with Crippen LogP contribution >= 0.6 is 0 Å². The molecule has 1 heterocycles. The Morgan fingerprint density at radius 2 is 1.48 bits per heavy atom. The zero-order valence-electron chi connectivity index (χ0n) is 17.9. The molecule has 7 rings (SSSR count). The summed E-state index contributed by atoms with van der Waals surface area (Å²) in [7, 11) is 0. The van der Waals surface area contributed by atoms with Gasteiger partial charge in [-0.3, -0.25) is 15.6 Å². The van der Waals surface area contributed by atoms with Crippen LogP contribution in [-0.2, 0) is 24.3 Å². The standard InChI is InChI=1S/C24H32N2O5/c27-22(26-25-21-4-2-1-3-5-21)15-16-6-8-23(9-7-16)28-30-24(31-29-23)19-11-17-10-18(13-19)14-20(24)12-17/h1-5,16-20,25H,6-15H2,(H,26,27). The molecule has 4 bridgehead atoms. The van der Waals surface area contributed by atoms with Crippen LogP contribution in [0.3, 0.4) is 0 Å². The first kappa shape index (κ1) is 20.0. The largest absolute Gasteiger partial charge is 0.299 e. The smallest absolute Gasteiger partial charge is 0.239 e. The fraction of sp³-hybridized carbons (Fsp3) is 0.708. The number of hydrazine groups is 1. The molecule has 2 spiro atoms. The molecule has 6 fully saturated rings. The van der Waals surface area contributed by atoms with Gasteiger partial charge in [0.05, 0.1) is 5.69 Å². The van der Waals surface area contributed by atoms with Crippen molar-refractivity contribution in [3.05, 3.63) is 30.3 Å². The van der Waals surface area contributed by atoms with Crippen molar-refractivity contribution in [3.8, 4) is 0 Å². The molecule has 1 aromatic rings. The third-order valence-corrected chi connectivity index (χ3v) is 8.38. The Morgan fingerprint density at radius 1 is 0.871 bits per heavy atom. The SMILES string of the molecule is O=C(CC1CCC2(CC1)OOC1(OO2)C2CC3CC(C2)CC1C3)NNc1ccccc1. The van der Waals surface area contributed by atoms with E-state index in [1.54, 1.807) is 0 Å². The molecule has 168 valence electrons. The van der Waals surface area contributed by atoms with Gasteiger partial charge in [0.2, 0.25) is 17.5 Å². The minimum atomic E-state index is -0.824. The van der Waals surface area contributed by atoms with Crippen molar-refractivity contribution < 1.29 is 24.3 Å². The topological polar surface area (TPSA) is 78.1 Å². The second kappa shape index (κ2) is 7.73. The summed E-state index contributed by atoms with van der Waals surface area (Å²) >= 11 is 0. The molecule has 1 amide bonds. The highest BCUT2D eigenvalue weighted by Crippen LogP contribution is 2.61. The van der Waals surface area contributed by atoms with Gasteiger partial charge in [0.25, 0.3) is 0 Å². The molecule has 31 heavy (non-hydrogen) atoms. The second-order valence-electron chi connectivity index (χ2n) is 10.5. The highest BCUT2D eigenvalue weighted by Gasteiger charge is 2.64. The predicted molar refractivity (Wildman–Crippen MR) is 112 cm³/mol. The lowest BCUT2D eigenvalue weighted by molar-refractivity contribution is -0.680. The fourth-order valence-corrected chi connectivity index (χ4v) is 6.89. The van der Waals surface area contributed by atoms with Gasteiger partial charge in [0.1, 0.15) is 0 Å². The van der Waals surface area contributed by atoms with Crippen LogP contribution < -0.4 is 10.9 Å². The van der Waals surface area contributed by atoms with Gasteiger partial charge in [-0.25, -0.2) is 0 Å². The minimum Gasteiger partial charge on any atom is -0.299 e. The molecule has 0 atom stereocenters. The summed E-state index contributed by atoms with van der Waals surface area (Å²) in [5.74, 6) is 1.20. The van der Waals surface area contributed by atoms with E-state index in [1.807, 2.05) is 30.3 Å². The summed E-state index contributed by atoms with van der Waals surface area (Å²) in [6.07, 6.45) is 9.56. The molecule has 7 heteroatoms. The highest BCUT2D eigenvalue weighted by molar-refractivity contribution is 5.77. The Bertz CT molecular complexity index is 767. The molecule has 1 aliphatic heterocycles. The van der Waals surface area contributed by atoms with Gasteiger partial charge in [0, 0.05) is 31.1 Å². The summed E-state index contributed by atoms with van der Waals surface area (Å²) in [6.45, 7) is 0. The van der Waals surface area contributed by atoms with Gasteiger partial charge in [0.15, 0.2) is 0 Å². The van der Waals surface area contributed by atoms with E-state index in [4.69, 9.17) is 19.6 Å². The molecule has 0 aromatic heterocycles. The quantitative estimate of drug-likeness (QED) is 0.544. The number of carbonyl (C=O) groups excluding carboxylic acids is 1. The van der Waals surface area contributed by atoms with Gasteiger partial charge in [-0.1, -0.05) is 18.2 Å². The van der Waals surface area contributed by atoms with Crippen LogP contribution in [0.25, 0.3) is 0 Å². The van der Waals surface area contributed by atoms with Crippen LogP contribution in [0.4, 0.5) is 5.69 Å². The van der Waals surface area contributed by atoms with Crippen molar-refractivity contribution in [2.75, 3.05) is 5.43 Å². The Balaban J connectivity index is 0.992. The van der Waals surface area contributed by atoms with E-state index in [0.717, 1.165) is 30.4 Å². The van der Waals surface area contributed by atoms with E-state index in [0.29, 0.717) is 37.0 Å². The van der Waals surface area contributed by atoms with E-state index >= 15 is 0 Å². The first-order valence-electron chi connectivity index (χ1n) is 12.0. The van der Waals surface area contributed by atoms with Crippen LogP contribution in [0, 0.1) is 29.6 Å². The van der Waals surface area contributed by atoms with Crippen molar-refractivity contribution in [1.82, 2.24) is 5.43 Å². The summed E-state index contributed by atoms with van der Waals surface area (Å²) in [4.78, 5) is 36.5. The van der Waals surface area contributed by atoms with Crippen molar-refractivity contribution in [2.24, 2.45) is 29.6 Å². The highest BCUT2D eigenvalue weighted by atomic mass is 17.4. The summed E-state index contributed by atoms with van der Waals surface area (Å²) in [6, 6.07) is 9.63. The molecule has 7 nitrogen and oxygen atoms in total. The molecule has 5 aliphatic carbocycles. The first-order chi connectivity index (χ1) is 15.1. The number of rotatable bonds is 4. The number of carbonyl (C=O) groups is 1. The Kier molecular flexibility index (Phi) is 4.98. The lowest BCUT2D eigenvalue weighted by atomic mass is 9.53. The zero-order valence-corrected chi connectivity index (χ0v) is 17.9. The Labute approximate surface area is 183 Å². The van der Waals surface area contributed by atoms with Crippen LogP contribution in [0.2, 0.25) is 0 Å². The normalized spacial score (nSPS) is 43.3. The maximum absolute atomic E-state index is 12.3. The maximum atomic E-state index is 12.3. The van der Waals surface area contributed by atoms with E-state index in [2.05, 4.69) is 10.9 Å². The average Bonchev–Trinajstić information content (AvgIpc) is 2.79. The van der Waals surface area contributed by atoms with E-state index in [-0.39, 0.29) is 5.91 Å². The minimum absolute atomic E-state index is 0.00432. The molecule has 5 saturated carbocycles. The second-order valence-corrected chi connectivity index (χ2v) is 10.5. The Morgan fingerprint density at radius 3 is 2.10 bits per heavy atom. The third-order valence-electron chi connectivity index (χ3n) is 8.38. The zero-order chi connectivity index (χ0) is 20.9. The number of hydrogen-bond donors (Lipinski definition) is 2. The van der Waals surface area contributed by atoms with Gasteiger partial charge >= 0.3 is 0 Å². The van der Waals surface area contributed by atoms with Crippen LogP contribution in [0.1, 0.15) is 64.2 Å². The third kappa shape index (κ3) is 3.65. The van der Waals surface area contributed by atoms with Crippen LogP contribution in [0.5, 0.6) is 0 Å². The van der Waals surface area contributed by atoms with Gasteiger partial charge in [-0.2, -0.15) is 19.6 Å². The first-order valence-corrected chi connectivity index (χ1v) is 12.0. The number of para-hydroxylation sites is 1. The van der Waals surface area contributed by atoms with Crippen LogP contribution in [-0.4, -0.2) is 17.5 Å². The molecular formula is C24H32N2O5. The van der Waals surface area contributed by atoms with Gasteiger partial charge < -0.3 is 0 Å². The van der Waals surface area contributed by atoms with E-state index in [9.17, 15) is 4.79 Å². The molecule has 1 aromatic carbocycles. The molecule has 0 radical (unpaired) electrons. The number of benzene rings is 1. The fourth-order valence-electron chi connectivity index (χ4n) is 6.89. The number of nitrogens with one attached hydrogen (secondary N) is 2. The lowest BCUT2D eigenvalue weighted by Crippen LogP contribution is -2.64. The summed E-state index contributed by atoms with van der Waals surface area (Å²) < 4.78 is 0. The number of amides is 1. The Hall–Kier alpha value is -1.67. The average molecular weight is 429 g/mol. The molecule has 0 unspecified atom stereocenters. The van der Waals surface area contributed by atoms with E-state index in [1.165, 1.54) is 32.1 Å². The predicted octanol–water partition coefficient (Wildman–Crippen LogP) is 4.47. The molecule has 1 saturated heterocycles. The molecular weight excluding hydrogens is 396 g/mol. The van der Waals surface area contributed by atoms with Crippen molar-refractivity contribution in [1.29, 1.82) is 0 Å². The molecule has 6 aliphatic rings. The van der Waals surface area contributed by atoms with Gasteiger partial charge in [-0.05, 0) is 74.8 Å². The van der Waals surface area contributed by atoms with Gasteiger partial charge in [-0.15, -0.1) is 0 Å².